The van der Waals surface area contributed by atoms with Crippen LogP contribution >= 0.6 is 0 Å². The lowest BCUT2D eigenvalue weighted by molar-refractivity contribution is 0.325. The highest BCUT2D eigenvalue weighted by Crippen LogP contribution is 2.19. The van der Waals surface area contributed by atoms with Crippen LogP contribution in [0.3, 0.4) is 0 Å². The molecule has 1 saturated heterocycles. The van der Waals surface area contributed by atoms with Crippen LogP contribution in [0.1, 0.15) is 39.0 Å². The lowest BCUT2D eigenvalue weighted by Crippen LogP contribution is -2.35. The first-order valence-corrected chi connectivity index (χ1v) is 5.90. The average Bonchev–Trinajstić information content (AvgIpc) is 2.38. The Labute approximate surface area is 88.4 Å². The summed E-state index contributed by atoms with van der Waals surface area (Å²) in [6.45, 7) is 8.86. The zero-order valence-corrected chi connectivity index (χ0v) is 9.68. The Kier molecular flexibility index (Phi) is 5.02. The second-order valence-corrected chi connectivity index (χ2v) is 4.17. The highest BCUT2D eigenvalue weighted by Gasteiger charge is 2.19. The van der Waals surface area contributed by atoms with E-state index >= 15 is 0 Å². The van der Waals surface area contributed by atoms with Crippen molar-refractivity contribution in [1.29, 1.82) is 0 Å². The van der Waals surface area contributed by atoms with Crippen LogP contribution in [0.4, 0.5) is 0 Å². The number of nitrogens with one attached hydrogen (secondary N) is 1. The van der Waals surface area contributed by atoms with Crippen molar-refractivity contribution in [3.63, 3.8) is 0 Å². The number of hydrogen-bond donors (Lipinski definition) is 1. The van der Waals surface area contributed by atoms with Crippen molar-refractivity contribution in [3.8, 4) is 0 Å². The van der Waals surface area contributed by atoms with E-state index in [1.807, 2.05) is 7.05 Å². The normalized spacial score (nSPS) is 23.7. The molecule has 0 saturated carbocycles. The van der Waals surface area contributed by atoms with Crippen molar-refractivity contribution in [3.05, 3.63) is 12.3 Å². The maximum absolute atomic E-state index is 4.22. The maximum Gasteiger partial charge on any atom is 0.0463 e. The molecule has 0 aromatic rings. The van der Waals surface area contributed by atoms with Crippen molar-refractivity contribution in [2.75, 3.05) is 20.1 Å². The molecule has 1 heterocycles. The van der Waals surface area contributed by atoms with E-state index in [0.29, 0.717) is 6.04 Å². The minimum Gasteiger partial charge on any atom is -0.374 e. The van der Waals surface area contributed by atoms with Gasteiger partial charge in [0.15, 0.2) is 0 Å². The molecule has 0 aromatic heterocycles. The van der Waals surface area contributed by atoms with E-state index in [2.05, 4.69) is 23.7 Å². The quantitative estimate of drug-likeness (QED) is 0.742. The summed E-state index contributed by atoms with van der Waals surface area (Å²) in [5.41, 5.74) is 1.30. The second kappa shape index (κ2) is 6.07. The van der Waals surface area contributed by atoms with Crippen LogP contribution < -0.4 is 5.32 Å². The molecular formula is C12H24N2. The predicted molar refractivity (Wildman–Crippen MR) is 62.3 cm³/mol. The van der Waals surface area contributed by atoms with Gasteiger partial charge in [-0.2, -0.15) is 0 Å². The van der Waals surface area contributed by atoms with Gasteiger partial charge in [0.25, 0.3) is 0 Å². The Morgan fingerprint density at radius 1 is 1.50 bits per heavy atom. The van der Waals surface area contributed by atoms with Gasteiger partial charge >= 0.3 is 0 Å². The fourth-order valence-corrected chi connectivity index (χ4v) is 2.10. The number of likely N-dealkylation sites (N-methyl/N-ethyl adjacent to an activating group) is 1. The third-order valence-corrected chi connectivity index (χ3v) is 3.11. The summed E-state index contributed by atoms with van der Waals surface area (Å²) in [4.78, 5) is 2.47. The van der Waals surface area contributed by atoms with Gasteiger partial charge in [-0.25, -0.2) is 0 Å². The summed E-state index contributed by atoms with van der Waals surface area (Å²) in [7, 11) is 2.04. The van der Waals surface area contributed by atoms with Gasteiger partial charge in [0.1, 0.15) is 0 Å². The van der Waals surface area contributed by atoms with Crippen molar-refractivity contribution in [2.45, 2.75) is 45.1 Å². The van der Waals surface area contributed by atoms with Crippen molar-refractivity contribution >= 4 is 0 Å². The highest BCUT2D eigenvalue weighted by atomic mass is 15.2. The van der Waals surface area contributed by atoms with Gasteiger partial charge in [-0.15, -0.1) is 0 Å². The first kappa shape index (κ1) is 11.6. The molecule has 0 aromatic carbocycles. The summed E-state index contributed by atoms with van der Waals surface area (Å²) in [6, 6.07) is 0.509. The van der Waals surface area contributed by atoms with Gasteiger partial charge in [0.2, 0.25) is 0 Å². The summed E-state index contributed by atoms with van der Waals surface area (Å²) < 4.78 is 0. The SMILES string of the molecule is C=C1[C@@H](NC)CCCCN1CCCC. The van der Waals surface area contributed by atoms with E-state index in [1.54, 1.807) is 0 Å². The van der Waals surface area contributed by atoms with Crippen LogP contribution in [0.25, 0.3) is 0 Å². The molecule has 1 N–H and O–H groups in total. The molecular weight excluding hydrogens is 172 g/mol. The number of unbranched alkanes of at least 4 members (excludes halogenated alkanes) is 1. The largest absolute Gasteiger partial charge is 0.374 e. The molecule has 14 heavy (non-hydrogen) atoms. The van der Waals surface area contributed by atoms with Crippen molar-refractivity contribution in [1.82, 2.24) is 10.2 Å². The number of rotatable bonds is 4. The Bertz CT molecular complexity index is 177. The van der Waals surface area contributed by atoms with Gasteiger partial charge in [-0.05, 0) is 32.7 Å². The van der Waals surface area contributed by atoms with Crippen LogP contribution in [0.15, 0.2) is 12.3 Å². The highest BCUT2D eigenvalue weighted by molar-refractivity contribution is 5.05. The van der Waals surface area contributed by atoms with E-state index in [1.165, 1.54) is 50.9 Å². The smallest absolute Gasteiger partial charge is 0.0463 e. The van der Waals surface area contributed by atoms with E-state index in [4.69, 9.17) is 0 Å². The molecule has 2 heteroatoms. The number of nitrogens with zero attached hydrogens (tertiary/aromatic N) is 1. The van der Waals surface area contributed by atoms with Gasteiger partial charge in [-0.3, -0.25) is 0 Å². The van der Waals surface area contributed by atoms with E-state index in [0.717, 1.165) is 0 Å². The minimum atomic E-state index is 0.509. The summed E-state index contributed by atoms with van der Waals surface area (Å²) in [5.74, 6) is 0. The standard InChI is InChI=1S/C12H24N2/c1-4-5-9-14-10-7-6-8-12(13-3)11(14)2/h12-13H,2,4-10H2,1,3H3/t12-/m0/s1. The molecule has 0 bridgehead atoms. The Morgan fingerprint density at radius 2 is 2.29 bits per heavy atom. The summed E-state index contributed by atoms with van der Waals surface area (Å²) >= 11 is 0. The van der Waals surface area contributed by atoms with Crippen molar-refractivity contribution in [2.24, 2.45) is 0 Å². The Morgan fingerprint density at radius 3 is 2.93 bits per heavy atom. The predicted octanol–water partition coefficient (Wildman–Crippen LogP) is 2.37. The topological polar surface area (TPSA) is 15.3 Å². The fraction of sp³-hybridized carbons (Fsp3) is 0.833. The fourth-order valence-electron chi connectivity index (χ4n) is 2.10. The van der Waals surface area contributed by atoms with Crippen LogP contribution in [0.2, 0.25) is 0 Å². The molecule has 0 radical (unpaired) electrons. The third-order valence-electron chi connectivity index (χ3n) is 3.11. The molecule has 1 atom stereocenters. The molecule has 1 aliphatic heterocycles. The first-order chi connectivity index (χ1) is 6.79. The van der Waals surface area contributed by atoms with Crippen LogP contribution in [-0.4, -0.2) is 31.1 Å². The molecule has 0 aliphatic carbocycles. The lowest BCUT2D eigenvalue weighted by atomic mass is 10.1. The minimum absolute atomic E-state index is 0.509. The molecule has 1 rings (SSSR count). The zero-order chi connectivity index (χ0) is 10.4. The monoisotopic (exact) mass is 196 g/mol. The van der Waals surface area contributed by atoms with Crippen LogP contribution in [0, 0.1) is 0 Å². The Balaban J connectivity index is 2.49. The van der Waals surface area contributed by atoms with Gasteiger partial charge < -0.3 is 10.2 Å². The first-order valence-electron chi connectivity index (χ1n) is 5.90. The Hall–Kier alpha value is -0.500. The number of hydrogen-bond acceptors (Lipinski definition) is 2. The summed E-state index contributed by atoms with van der Waals surface area (Å²) in [6.07, 6.45) is 6.45. The summed E-state index contributed by atoms with van der Waals surface area (Å²) in [5, 5.41) is 3.36. The molecule has 82 valence electrons. The van der Waals surface area contributed by atoms with E-state index < -0.39 is 0 Å². The molecule has 0 spiro atoms. The second-order valence-electron chi connectivity index (χ2n) is 4.17. The van der Waals surface area contributed by atoms with E-state index in [9.17, 15) is 0 Å². The van der Waals surface area contributed by atoms with Gasteiger partial charge in [-0.1, -0.05) is 19.9 Å². The zero-order valence-electron chi connectivity index (χ0n) is 9.68. The van der Waals surface area contributed by atoms with Crippen molar-refractivity contribution < 1.29 is 0 Å². The average molecular weight is 196 g/mol. The molecule has 1 fully saturated rings. The van der Waals surface area contributed by atoms with Crippen LogP contribution in [0.5, 0.6) is 0 Å². The van der Waals surface area contributed by atoms with Crippen LogP contribution in [-0.2, 0) is 0 Å². The number of likely N-dealkylation sites (tertiary alicyclic amines) is 1. The third kappa shape index (κ3) is 3.02. The lowest BCUT2D eigenvalue weighted by Gasteiger charge is -2.28. The van der Waals surface area contributed by atoms with E-state index in [-0.39, 0.29) is 0 Å². The maximum atomic E-state index is 4.22. The van der Waals surface area contributed by atoms with Gasteiger partial charge in [0, 0.05) is 24.8 Å². The molecule has 0 unspecified atom stereocenters. The van der Waals surface area contributed by atoms with Gasteiger partial charge in [0.05, 0.1) is 0 Å². The molecule has 1 aliphatic rings. The molecule has 0 amide bonds. The molecule has 2 nitrogen and oxygen atoms in total.